The third-order valence-corrected chi connectivity index (χ3v) is 6.46. The lowest BCUT2D eigenvalue weighted by Gasteiger charge is -2.12. The van der Waals surface area contributed by atoms with Crippen LogP contribution >= 0.6 is 11.8 Å². The van der Waals surface area contributed by atoms with Crippen molar-refractivity contribution in [3.63, 3.8) is 0 Å². The second kappa shape index (κ2) is 10.6. The van der Waals surface area contributed by atoms with E-state index in [1.807, 2.05) is 68.6 Å². The lowest BCUT2D eigenvalue weighted by atomic mass is 10.1. The fourth-order valence-corrected chi connectivity index (χ4v) is 4.23. The van der Waals surface area contributed by atoms with Gasteiger partial charge in [0.15, 0.2) is 5.17 Å². The Morgan fingerprint density at radius 3 is 2.69 bits per heavy atom. The molecule has 0 aliphatic carbocycles. The third-order valence-electron chi connectivity index (χ3n) is 5.41. The van der Waals surface area contributed by atoms with Crippen LogP contribution in [0.1, 0.15) is 19.4 Å². The summed E-state index contributed by atoms with van der Waals surface area (Å²) in [6.45, 7) is 4.86. The molecule has 1 aromatic heterocycles. The molecule has 9 heteroatoms. The number of benzene rings is 2. The minimum absolute atomic E-state index is 0.0187. The number of rotatable bonds is 7. The van der Waals surface area contributed by atoms with E-state index in [2.05, 4.69) is 14.6 Å². The molecule has 0 fully saturated rings. The van der Waals surface area contributed by atoms with Crippen molar-refractivity contribution in [2.75, 3.05) is 13.7 Å². The van der Waals surface area contributed by atoms with Gasteiger partial charge in [0.25, 0.3) is 5.91 Å². The van der Waals surface area contributed by atoms with Crippen LogP contribution in [-0.4, -0.2) is 40.2 Å². The Labute approximate surface area is 208 Å². The van der Waals surface area contributed by atoms with E-state index < -0.39 is 5.91 Å². The predicted octanol–water partition coefficient (Wildman–Crippen LogP) is 4.73. The Balaban J connectivity index is 1.55. The maximum absolute atomic E-state index is 12.8. The summed E-state index contributed by atoms with van der Waals surface area (Å²) >= 11 is 1.05. The number of hydrogen-bond acceptors (Lipinski definition) is 7. The number of carbonyl (C=O) groups is 1. The molecule has 2 aromatic carbocycles. The molecule has 4 rings (SSSR count). The van der Waals surface area contributed by atoms with Gasteiger partial charge in [-0.05, 0) is 36.0 Å². The number of ether oxygens (including phenoxy) is 2. The summed E-state index contributed by atoms with van der Waals surface area (Å²) in [4.78, 5) is 21.1. The molecule has 35 heavy (non-hydrogen) atoms. The molecule has 3 aromatic rings. The molecule has 0 unspecified atom stereocenters. The number of hydrogen-bond donors (Lipinski definition) is 2. The summed E-state index contributed by atoms with van der Waals surface area (Å²) in [5, 5.41) is 9.54. The number of aromatic nitrogens is 1. The number of methoxy groups -OCH3 is 1. The van der Waals surface area contributed by atoms with Crippen molar-refractivity contribution in [1.29, 1.82) is 5.41 Å². The number of amides is 1. The Morgan fingerprint density at radius 2 is 1.94 bits per heavy atom. The van der Waals surface area contributed by atoms with Gasteiger partial charge in [0.1, 0.15) is 23.9 Å². The number of nitrogens with zero attached hydrogens (tertiary/aromatic N) is 3. The average molecular weight is 490 g/mol. The number of amidine groups is 2. The van der Waals surface area contributed by atoms with Gasteiger partial charge >= 0.3 is 0 Å². The quantitative estimate of drug-likeness (QED) is 0.283. The van der Waals surface area contributed by atoms with E-state index in [0.717, 1.165) is 39.7 Å². The number of fused-ring (bicyclic) bond motifs is 1. The fraction of sp³-hybridized carbons (Fsp3) is 0.231. The van der Waals surface area contributed by atoms with Gasteiger partial charge in [-0.3, -0.25) is 10.2 Å². The largest absolute Gasteiger partial charge is 0.497 e. The molecule has 0 saturated carbocycles. The smallest absolute Gasteiger partial charge is 0.283 e. The molecule has 180 valence electrons. The summed E-state index contributed by atoms with van der Waals surface area (Å²) in [6, 6.07) is 15.4. The first-order valence-corrected chi connectivity index (χ1v) is 12.0. The molecule has 0 spiro atoms. The molecular weight excluding hydrogens is 462 g/mol. The molecule has 0 radical (unpaired) electrons. The first-order chi connectivity index (χ1) is 16.9. The molecular formula is C26H27N5O3S. The fourth-order valence-electron chi connectivity index (χ4n) is 3.53. The number of carbonyl (C=O) groups excluding carboxylic acids is 1. The maximum Gasteiger partial charge on any atom is 0.283 e. The van der Waals surface area contributed by atoms with E-state index >= 15 is 0 Å². The molecule has 1 amide bonds. The van der Waals surface area contributed by atoms with Crippen LogP contribution in [0.4, 0.5) is 0 Å². The highest BCUT2D eigenvalue weighted by Gasteiger charge is 2.22. The zero-order valence-electron chi connectivity index (χ0n) is 19.8. The van der Waals surface area contributed by atoms with E-state index in [0.29, 0.717) is 18.2 Å². The highest BCUT2D eigenvalue weighted by molar-refractivity contribution is 8.26. The van der Waals surface area contributed by atoms with Gasteiger partial charge in [0.05, 0.1) is 24.3 Å². The van der Waals surface area contributed by atoms with Crippen LogP contribution in [0.2, 0.25) is 0 Å². The van der Waals surface area contributed by atoms with Crippen LogP contribution in [0, 0.1) is 11.3 Å². The third kappa shape index (κ3) is 5.63. The summed E-state index contributed by atoms with van der Waals surface area (Å²) in [6.07, 6.45) is 3.69. The summed E-state index contributed by atoms with van der Waals surface area (Å²) in [5.41, 5.74) is 8.22. The van der Waals surface area contributed by atoms with Crippen LogP contribution in [-0.2, 0) is 11.3 Å². The topological polar surface area (TPSA) is 115 Å². The minimum atomic E-state index is -0.463. The zero-order valence-corrected chi connectivity index (χ0v) is 20.6. The zero-order chi connectivity index (χ0) is 24.9. The molecule has 0 bridgehead atoms. The van der Waals surface area contributed by atoms with E-state index in [1.54, 1.807) is 13.2 Å². The Bertz CT molecular complexity index is 1370. The van der Waals surface area contributed by atoms with Crippen molar-refractivity contribution in [1.82, 2.24) is 4.57 Å². The van der Waals surface area contributed by atoms with Crippen molar-refractivity contribution in [3.8, 4) is 11.5 Å². The summed E-state index contributed by atoms with van der Waals surface area (Å²) in [7, 11) is 1.62. The van der Waals surface area contributed by atoms with E-state index in [4.69, 9.17) is 20.6 Å². The van der Waals surface area contributed by atoms with Crippen LogP contribution < -0.4 is 15.2 Å². The summed E-state index contributed by atoms with van der Waals surface area (Å²) < 4.78 is 13.2. The van der Waals surface area contributed by atoms with E-state index in [1.165, 1.54) is 0 Å². The highest BCUT2D eigenvalue weighted by atomic mass is 32.2. The van der Waals surface area contributed by atoms with Crippen molar-refractivity contribution in [2.45, 2.75) is 20.4 Å². The van der Waals surface area contributed by atoms with Crippen LogP contribution in [0.15, 0.2) is 70.3 Å². The Morgan fingerprint density at radius 1 is 1.17 bits per heavy atom. The van der Waals surface area contributed by atoms with Crippen LogP contribution in [0.5, 0.6) is 11.5 Å². The monoisotopic (exact) mass is 489 g/mol. The second-order valence-electron chi connectivity index (χ2n) is 8.20. The molecule has 2 heterocycles. The summed E-state index contributed by atoms with van der Waals surface area (Å²) in [5.74, 6) is 1.13. The molecule has 8 nitrogen and oxygen atoms in total. The maximum atomic E-state index is 12.8. The lowest BCUT2D eigenvalue weighted by Crippen LogP contribution is -2.26. The van der Waals surface area contributed by atoms with Gasteiger partial charge in [-0.15, -0.1) is 0 Å². The molecule has 1 aliphatic heterocycles. The van der Waals surface area contributed by atoms with Crippen molar-refractivity contribution >= 4 is 50.7 Å². The standard InChI is InChI=1S/C26H27N5O3S/c1-16(2)24(28)35-26-29-23(27)21(25(32)30-26)13-17-15-31(22-10-5-4-9-20(17)22)11-12-34-19-8-6-7-18(14-19)33-3/h4-10,13-16,28H,11-12H2,1-3H3,(H2,27,29,30,32)/b21-13-,28-24?. The molecule has 0 saturated heterocycles. The highest BCUT2D eigenvalue weighted by Crippen LogP contribution is 2.26. The first kappa shape index (κ1) is 24.3. The number of para-hydroxylation sites is 1. The van der Waals surface area contributed by atoms with E-state index in [9.17, 15) is 4.79 Å². The number of thioether (sulfide) groups is 1. The van der Waals surface area contributed by atoms with Crippen molar-refractivity contribution < 1.29 is 14.3 Å². The predicted molar refractivity (Wildman–Crippen MR) is 143 cm³/mol. The molecule has 3 N–H and O–H groups in total. The Hall–Kier alpha value is -3.85. The van der Waals surface area contributed by atoms with E-state index in [-0.39, 0.29) is 22.5 Å². The second-order valence-corrected chi connectivity index (χ2v) is 9.21. The minimum Gasteiger partial charge on any atom is -0.497 e. The normalized spacial score (nSPS) is 14.9. The molecule has 0 atom stereocenters. The average Bonchev–Trinajstić information content (AvgIpc) is 3.19. The van der Waals surface area contributed by atoms with Gasteiger partial charge < -0.3 is 19.8 Å². The number of nitrogens with one attached hydrogen (secondary N) is 1. The van der Waals surface area contributed by atoms with Gasteiger partial charge in [0, 0.05) is 34.6 Å². The van der Waals surface area contributed by atoms with Crippen LogP contribution in [0.3, 0.4) is 0 Å². The first-order valence-electron chi connectivity index (χ1n) is 11.2. The lowest BCUT2D eigenvalue weighted by molar-refractivity contribution is -0.113. The molecule has 1 aliphatic rings. The van der Waals surface area contributed by atoms with Crippen LogP contribution in [0.25, 0.3) is 17.0 Å². The van der Waals surface area contributed by atoms with Crippen molar-refractivity contribution in [3.05, 3.63) is 65.9 Å². The number of aliphatic imine (C=N–C) groups is 2. The number of nitrogens with two attached hydrogens (primary N) is 1. The van der Waals surface area contributed by atoms with Gasteiger partial charge in [-0.1, -0.05) is 38.1 Å². The van der Waals surface area contributed by atoms with Crippen molar-refractivity contribution in [2.24, 2.45) is 21.6 Å². The SMILES string of the molecule is COc1cccc(OCCn2cc(/C=C3\C(=O)N=C(SC(=N)C(C)C)N=C3N)c3ccccc32)c1. The van der Waals surface area contributed by atoms with Gasteiger partial charge in [0.2, 0.25) is 0 Å². The Kier molecular flexibility index (Phi) is 7.36. The van der Waals surface area contributed by atoms with Gasteiger partial charge in [-0.25, -0.2) is 4.99 Å². The van der Waals surface area contributed by atoms with Gasteiger partial charge in [-0.2, -0.15) is 4.99 Å².